The molecule has 0 aliphatic rings. The fourth-order valence-corrected chi connectivity index (χ4v) is 2.72. The van der Waals surface area contributed by atoms with Crippen molar-refractivity contribution in [3.8, 4) is 0 Å². The van der Waals surface area contributed by atoms with E-state index in [9.17, 15) is 4.79 Å². The molecule has 17 heavy (non-hydrogen) atoms. The smallest absolute Gasteiger partial charge is 0.249 e. The Morgan fingerprint density at radius 3 is 2.94 bits per heavy atom. The van der Waals surface area contributed by atoms with Crippen LogP contribution in [0.5, 0.6) is 0 Å². The van der Waals surface area contributed by atoms with Gasteiger partial charge in [-0.1, -0.05) is 18.3 Å². The second kappa shape index (κ2) is 5.24. The number of nitrogens with two attached hydrogens (primary N) is 1. The number of hydrogen-bond acceptors (Lipinski definition) is 6. The van der Waals surface area contributed by atoms with Gasteiger partial charge < -0.3 is 11.1 Å². The number of rotatable bonds is 5. The average Bonchev–Trinajstić information content (AvgIpc) is 2.95. The Hall–Kier alpha value is -1.47. The molecule has 0 saturated carbocycles. The Bertz CT molecular complexity index is 520. The number of aromatic nitrogens is 2. The van der Waals surface area contributed by atoms with Gasteiger partial charge in [-0.25, -0.2) is 0 Å². The van der Waals surface area contributed by atoms with Gasteiger partial charge in [-0.05, 0) is 12.5 Å². The Morgan fingerprint density at radius 1 is 1.53 bits per heavy atom. The minimum Gasteiger partial charge on any atom is -0.366 e. The third kappa shape index (κ3) is 3.01. The lowest BCUT2D eigenvalue weighted by Gasteiger charge is -1.97. The summed E-state index contributed by atoms with van der Waals surface area (Å²) in [4.78, 5) is 12.0. The number of carbonyl (C=O) groups is 1. The summed E-state index contributed by atoms with van der Waals surface area (Å²) in [5.41, 5.74) is 5.74. The standard InChI is InChI=1S/C10H12N4OS2/c1-2-8-13-14-10(17-8)12-4-7-3-6(5-16-7)9(11)15/h3,5H,2,4H2,1H3,(H2,11,15)(H,12,14). The molecule has 5 nitrogen and oxygen atoms in total. The molecular formula is C10H12N4OS2. The molecule has 2 rings (SSSR count). The van der Waals surface area contributed by atoms with E-state index >= 15 is 0 Å². The van der Waals surface area contributed by atoms with Crippen LogP contribution < -0.4 is 11.1 Å². The molecule has 0 bridgehead atoms. The highest BCUT2D eigenvalue weighted by atomic mass is 32.1. The van der Waals surface area contributed by atoms with E-state index < -0.39 is 5.91 Å². The molecule has 0 unspecified atom stereocenters. The van der Waals surface area contributed by atoms with E-state index in [1.54, 1.807) is 22.8 Å². The first-order valence-electron chi connectivity index (χ1n) is 5.12. The minimum absolute atomic E-state index is 0.392. The summed E-state index contributed by atoms with van der Waals surface area (Å²) in [5.74, 6) is -0.392. The Balaban J connectivity index is 1.94. The minimum atomic E-state index is -0.392. The zero-order chi connectivity index (χ0) is 12.3. The van der Waals surface area contributed by atoms with Crippen LogP contribution in [-0.2, 0) is 13.0 Å². The van der Waals surface area contributed by atoms with Crippen LogP contribution in [0.1, 0.15) is 27.2 Å². The van der Waals surface area contributed by atoms with Crippen molar-refractivity contribution in [3.05, 3.63) is 26.9 Å². The topological polar surface area (TPSA) is 80.9 Å². The molecular weight excluding hydrogens is 256 g/mol. The van der Waals surface area contributed by atoms with Crippen LogP contribution in [0.15, 0.2) is 11.4 Å². The van der Waals surface area contributed by atoms with Crippen LogP contribution in [-0.4, -0.2) is 16.1 Å². The van der Waals surface area contributed by atoms with Gasteiger partial charge >= 0.3 is 0 Å². The van der Waals surface area contributed by atoms with E-state index in [1.165, 1.54) is 11.3 Å². The van der Waals surface area contributed by atoms with E-state index in [0.29, 0.717) is 12.1 Å². The lowest BCUT2D eigenvalue weighted by atomic mass is 10.3. The number of aryl methyl sites for hydroxylation is 1. The predicted molar refractivity (Wildman–Crippen MR) is 69.5 cm³/mol. The van der Waals surface area contributed by atoms with Crippen LogP contribution in [0.3, 0.4) is 0 Å². The van der Waals surface area contributed by atoms with Gasteiger partial charge in [0.2, 0.25) is 11.0 Å². The summed E-state index contributed by atoms with van der Waals surface area (Å²) in [6, 6.07) is 1.79. The molecule has 3 N–H and O–H groups in total. The molecule has 0 radical (unpaired) electrons. The molecule has 2 aromatic heterocycles. The lowest BCUT2D eigenvalue weighted by Crippen LogP contribution is -2.09. The molecule has 1 amide bonds. The summed E-state index contributed by atoms with van der Waals surface area (Å²) in [6.07, 6.45) is 0.893. The van der Waals surface area contributed by atoms with Crippen molar-refractivity contribution >= 4 is 33.7 Å². The van der Waals surface area contributed by atoms with Crippen molar-refractivity contribution < 1.29 is 4.79 Å². The number of primary amides is 1. The summed E-state index contributed by atoms with van der Waals surface area (Å²) < 4.78 is 0. The zero-order valence-electron chi connectivity index (χ0n) is 9.27. The zero-order valence-corrected chi connectivity index (χ0v) is 10.9. The van der Waals surface area contributed by atoms with Crippen molar-refractivity contribution in [2.24, 2.45) is 5.73 Å². The molecule has 0 spiro atoms. The van der Waals surface area contributed by atoms with Gasteiger partial charge in [0.25, 0.3) is 0 Å². The average molecular weight is 268 g/mol. The van der Waals surface area contributed by atoms with Crippen LogP contribution in [0, 0.1) is 0 Å². The quantitative estimate of drug-likeness (QED) is 0.867. The normalized spacial score (nSPS) is 10.4. The first-order chi connectivity index (χ1) is 8.19. The van der Waals surface area contributed by atoms with Gasteiger partial charge in [0.1, 0.15) is 5.01 Å². The highest BCUT2D eigenvalue weighted by Crippen LogP contribution is 2.19. The van der Waals surface area contributed by atoms with Gasteiger partial charge in [0.05, 0.1) is 12.1 Å². The van der Waals surface area contributed by atoms with Gasteiger partial charge in [-0.15, -0.1) is 21.5 Å². The summed E-state index contributed by atoms with van der Waals surface area (Å²) in [5, 5.41) is 14.8. The number of thiophene rings is 1. The number of anilines is 1. The fourth-order valence-electron chi connectivity index (χ4n) is 1.23. The van der Waals surface area contributed by atoms with E-state index in [-0.39, 0.29) is 0 Å². The first-order valence-corrected chi connectivity index (χ1v) is 6.82. The summed E-state index contributed by atoms with van der Waals surface area (Å²) in [7, 11) is 0. The van der Waals surface area contributed by atoms with Gasteiger partial charge in [0, 0.05) is 10.3 Å². The third-order valence-corrected chi connectivity index (χ3v) is 4.08. The van der Waals surface area contributed by atoms with Crippen LogP contribution in [0.4, 0.5) is 5.13 Å². The van der Waals surface area contributed by atoms with Crippen molar-refractivity contribution in [1.82, 2.24) is 10.2 Å². The molecule has 0 aliphatic carbocycles. The Kier molecular flexibility index (Phi) is 3.70. The van der Waals surface area contributed by atoms with Crippen LogP contribution in [0.2, 0.25) is 0 Å². The SMILES string of the molecule is CCc1nnc(NCc2cc(C(N)=O)cs2)s1. The third-order valence-electron chi connectivity index (χ3n) is 2.12. The number of amides is 1. The van der Waals surface area contributed by atoms with Gasteiger partial charge in [0.15, 0.2) is 0 Å². The fraction of sp³-hybridized carbons (Fsp3) is 0.300. The molecule has 2 heterocycles. The second-order valence-electron chi connectivity index (χ2n) is 3.37. The summed E-state index contributed by atoms with van der Waals surface area (Å²) >= 11 is 3.05. The van der Waals surface area contributed by atoms with E-state index in [1.807, 2.05) is 6.92 Å². The van der Waals surface area contributed by atoms with Gasteiger partial charge in [-0.3, -0.25) is 4.79 Å². The largest absolute Gasteiger partial charge is 0.366 e. The van der Waals surface area contributed by atoms with Crippen molar-refractivity contribution in [2.75, 3.05) is 5.32 Å². The molecule has 0 aromatic carbocycles. The highest BCUT2D eigenvalue weighted by molar-refractivity contribution is 7.15. The van der Waals surface area contributed by atoms with E-state index in [4.69, 9.17) is 5.73 Å². The van der Waals surface area contributed by atoms with Crippen molar-refractivity contribution in [1.29, 1.82) is 0 Å². The highest BCUT2D eigenvalue weighted by Gasteiger charge is 2.06. The molecule has 0 aliphatic heterocycles. The molecule has 0 fully saturated rings. The maximum Gasteiger partial charge on any atom is 0.249 e. The molecule has 90 valence electrons. The maximum absolute atomic E-state index is 10.9. The molecule has 0 saturated heterocycles. The Labute approximate surface area is 107 Å². The summed E-state index contributed by atoms with van der Waals surface area (Å²) in [6.45, 7) is 2.68. The number of hydrogen-bond donors (Lipinski definition) is 2. The lowest BCUT2D eigenvalue weighted by molar-refractivity contribution is 0.100. The molecule has 2 aromatic rings. The van der Waals surface area contributed by atoms with E-state index in [0.717, 1.165) is 21.4 Å². The molecule has 0 atom stereocenters. The number of carbonyl (C=O) groups excluding carboxylic acids is 1. The van der Waals surface area contributed by atoms with Crippen molar-refractivity contribution in [2.45, 2.75) is 19.9 Å². The second-order valence-corrected chi connectivity index (χ2v) is 5.43. The maximum atomic E-state index is 10.9. The van der Waals surface area contributed by atoms with Crippen molar-refractivity contribution in [3.63, 3.8) is 0 Å². The monoisotopic (exact) mass is 268 g/mol. The first kappa shape index (κ1) is 12.0. The van der Waals surface area contributed by atoms with Crippen LogP contribution >= 0.6 is 22.7 Å². The molecule has 7 heteroatoms. The number of nitrogens with zero attached hydrogens (tertiary/aromatic N) is 2. The van der Waals surface area contributed by atoms with Gasteiger partial charge in [-0.2, -0.15) is 0 Å². The number of nitrogens with one attached hydrogen (secondary N) is 1. The van der Waals surface area contributed by atoms with E-state index in [2.05, 4.69) is 15.5 Å². The predicted octanol–water partition coefficient (Wildman–Crippen LogP) is 1.87. The van der Waals surface area contributed by atoms with Crippen LogP contribution in [0.25, 0.3) is 0 Å². The Morgan fingerprint density at radius 2 is 2.35 bits per heavy atom.